The summed E-state index contributed by atoms with van der Waals surface area (Å²) in [6, 6.07) is 6.55. The molecule has 0 radical (unpaired) electrons. The van der Waals surface area contributed by atoms with E-state index in [9.17, 15) is 0 Å². The molecule has 1 saturated carbocycles. The lowest BCUT2D eigenvalue weighted by Crippen LogP contribution is -2.32. The molecule has 0 spiro atoms. The van der Waals surface area contributed by atoms with E-state index in [4.69, 9.17) is 28.9 Å². The van der Waals surface area contributed by atoms with Gasteiger partial charge in [0, 0.05) is 17.8 Å². The molecule has 0 aliphatic heterocycles. The summed E-state index contributed by atoms with van der Waals surface area (Å²) in [5.74, 6) is 0. The van der Waals surface area contributed by atoms with Crippen molar-refractivity contribution >= 4 is 28.9 Å². The molecular weight excluding hydrogens is 243 g/mol. The first-order chi connectivity index (χ1) is 7.65. The van der Waals surface area contributed by atoms with Gasteiger partial charge in [-0.05, 0) is 43.9 Å². The van der Waals surface area contributed by atoms with Gasteiger partial charge < -0.3 is 11.1 Å². The van der Waals surface area contributed by atoms with Gasteiger partial charge in [-0.25, -0.2) is 0 Å². The fourth-order valence-corrected chi connectivity index (χ4v) is 2.38. The van der Waals surface area contributed by atoms with Gasteiger partial charge in [0.05, 0.1) is 10.0 Å². The van der Waals surface area contributed by atoms with E-state index in [1.807, 2.05) is 18.2 Å². The smallest absolute Gasteiger partial charge is 0.0612 e. The molecule has 1 fully saturated rings. The Morgan fingerprint density at radius 2 is 1.75 bits per heavy atom. The van der Waals surface area contributed by atoms with E-state index in [0.29, 0.717) is 22.1 Å². The standard InChI is InChI=1S/C12H16Cl2N2/c13-11-6-5-10(7-12(11)14)16-9-3-1-8(15)2-4-9/h5-9,16H,1-4,15H2. The highest BCUT2D eigenvalue weighted by Crippen LogP contribution is 2.27. The molecule has 0 saturated heterocycles. The third kappa shape index (κ3) is 3.03. The van der Waals surface area contributed by atoms with Crippen LogP contribution in [0.2, 0.25) is 10.0 Å². The number of halogens is 2. The quantitative estimate of drug-likeness (QED) is 0.850. The van der Waals surface area contributed by atoms with Crippen LogP contribution in [0.5, 0.6) is 0 Å². The second-order valence-corrected chi connectivity index (χ2v) is 5.20. The predicted octanol–water partition coefficient (Wildman–Crippen LogP) is 3.68. The molecule has 0 unspecified atom stereocenters. The summed E-state index contributed by atoms with van der Waals surface area (Å²) in [7, 11) is 0. The van der Waals surface area contributed by atoms with Crippen LogP contribution in [0.1, 0.15) is 25.7 Å². The first-order valence-corrected chi connectivity index (χ1v) is 6.38. The molecule has 3 N–H and O–H groups in total. The van der Waals surface area contributed by atoms with Gasteiger partial charge in [0.25, 0.3) is 0 Å². The monoisotopic (exact) mass is 258 g/mol. The molecule has 0 amide bonds. The minimum Gasteiger partial charge on any atom is -0.382 e. The zero-order valence-electron chi connectivity index (χ0n) is 9.05. The largest absolute Gasteiger partial charge is 0.382 e. The molecule has 1 aromatic rings. The Kier molecular flexibility index (Phi) is 3.95. The number of hydrogen-bond acceptors (Lipinski definition) is 2. The van der Waals surface area contributed by atoms with Crippen molar-refractivity contribution in [3.8, 4) is 0 Å². The summed E-state index contributed by atoms with van der Waals surface area (Å²) in [6.45, 7) is 0. The van der Waals surface area contributed by atoms with Crippen molar-refractivity contribution < 1.29 is 0 Å². The Morgan fingerprint density at radius 3 is 2.38 bits per heavy atom. The van der Waals surface area contributed by atoms with Crippen molar-refractivity contribution in [3.63, 3.8) is 0 Å². The Bertz CT molecular complexity index is 360. The van der Waals surface area contributed by atoms with Crippen molar-refractivity contribution in [1.29, 1.82) is 0 Å². The maximum atomic E-state index is 5.96. The van der Waals surface area contributed by atoms with Gasteiger partial charge in [0.15, 0.2) is 0 Å². The topological polar surface area (TPSA) is 38.0 Å². The van der Waals surface area contributed by atoms with Gasteiger partial charge in [-0.15, -0.1) is 0 Å². The summed E-state index contributed by atoms with van der Waals surface area (Å²) in [5, 5.41) is 4.66. The van der Waals surface area contributed by atoms with Gasteiger partial charge in [0.2, 0.25) is 0 Å². The summed E-state index contributed by atoms with van der Waals surface area (Å²) in [4.78, 5) is 0. The first kappa shape index (κ1) is 12.0. The molecular formula is C12H16Cl2N2. The maximum Gasteiger partial charge on any atom is 0.0612 e. The molecule has 4 heteroatoms. The maximum absolute atomic E-state index is 5.96. The molecule has 0 atom stereocenters. The number of hydrogen-bond donors (Lipinski definition) is 2. The van der Waals surface area contributed by atoms with E-state index < -0.39 is 0 Å². The van der Waals surface area contributed by atoms with Crippen LogP contribution in [-0.2, 0) is 0 Å². The van der Waals surface area contributed by atoms with Crippen LogP contribution in [0, 0.1) is 0 Å². The molecule has 0 bridgehead atoms. The van der Waals surface area contributed by atoms with E-state index in [2.05, 4.69) is 5.32 Å². The molecule has 0 aromatic heterocycles. The normalized spacial score (nSPS) is 25.4. The van der Waals surface area contributed by atoms with Gasteiger partial charge in [-0.3, -0.25) is 0 Å². The van der Waals surface area contributed by atoms with E-state index in [0.717, 1.165) is 31.4 Å². The van der Waals surface area contributed by atoms with E-state index in [1.165, 1.54) is 0 Å². The SMILES string of the molecule is NC1CCC(Nc2ccc(Cl)c(Cl)c2)CC1. The second-order valence-electron chi connectivity index (χ2n) is 4.38. The highest BCUT2D eigenvalue weighted by Gasteiger charge is 2.18. The summed E-state index contributed by atoms with van der Waals surface area (Å²) < 4.78 is 0. The third-order valence-corrected chi connectivity index (χ3v) is 3.80. The average molecular weight is 259 g/mol. The molecule has 1 aliphatic carbocycles. The van der Waals surface area contributed by atoms with Crippen LogP contribution in [0.25, 0.3) is 0 Å². The zero-order chi connectivity index (χ0) is 11.5. The fraction of sp³-hybridized carbons (Fsp3) is 0.500. The zero-order valence-corrected chi connectivity index (χ0v) is 10.6. The number of anilines is 1. The minimum absolute atomic E-state index is 0.381. The number of nitrogens with two attached hydrogens (primary N) is 1. The number of nitrogens with one attached hydrogen (secondary N) is 1. The Hall–Kier alpha value is -0.440. The second kappa shape index (κ2) is 5.26. The van der Waals surface area contributed by atoms with Crippen LogP contribution in [0.15, 0.2) is 18.2 Å². The highest BCUT2D eigenvalue weighted by molar-refractivity contribution is 6.42. The first-order valence-electron chi connectivity index (χ1n) is 5.62. The Labute approximate surface area is 106 Å². The number of rotatable bonds is 2. The molecule has 2 nitrogen and oxygen atoms in total. The molecule has 88 valence electrons. The van der Waals surface area contributed by atoms with Crippen molar-refractivity contribution in [2.45, 2.75) is 37.8 Å². The predicted molar refractivity (Wildman–Crippen MR) is 70.3 cm³/mol. The minimum atomic E-state index is 0.381. The lowest BCUT2D eigenvalue weighted by molar-refractivity contribution is 0.411. The molecule has 16 heavy (non-hydrogen) atoms. The average Bonchev–Trinajstić information content (AvgIpc) is 2.27. The lowest BCUT2D eigenvalue weighted by Gasteiger charge is -2.27. The lowest BCUT2D eigenvalue weighted by atomic mass is 9.92. The number of benzene rings is 1. The molecule has 1 aliphatic rings. The van der Waals surface area contributed by atoms with Crippen molar-refractivity contribution in [3.05, 3.63) is 28.2 Å². The highest BCUT2D eigenvalue weighted by atomic mass is 35.5. The van der Waals surface area contributed by atoms with E-state index in [-0.39, 0.29) is 0 Å². The molecule has 2 rings (SSSR count). The van der Waals surface area contributed by atoms with E-state index in [1.54, 1.807) is 0 Å². The van der Waals surface area contributed by atoms with Gasteiger partial charge in [0.1, 0.15) is 0 Å². The summed E-state index contributed by atoms with van der Waals surface area (Å²) in [5.41, 5.74) is 6.90. The van der Waals surface area contributed by atoms with Crippen molar-refractivity contribution in [2.24, 2.45) is 5.73 Å². The Morgan fingerprint density at radius 1 is 1.06 bits per heavy atom. The summed E-state index contributed by atoms with van der Waals surface area (Å²) in [6.07, 6.45) is 4.45. The van der Waals surface area contributed by atoms with Crippen molar-refractivity contribution in [2.75, 3.05) is 5.32 Å². The van der Waals surface area contributed by atoms with Crippen LogP contribution in [-0.4, -0.2) is 12.1 Å². The Balaban J connectivity index is 1.96. The third-order valence-electron chi connectivity index (χ3n) is 3.06. The van der Waals surface area contributed by atoms with Crippen LogP contribution < -0.4 is 11.1 Å². The summed E-state index contributed by atoms with van der Waals surface area (Å²) >= 11 is 11.8. The van der Waals surface area contributed by atoms with Gasteiger partial charge in [-0.2, -0.15) is 0 Å². The fourth-order valence-electron chi connectivity index (χ4n) is 2.09. The van der Waals surface area contributed by atoms with Gasteiger partial charge >= 0.3 is 0 Å². The molecule has 1 aromatic carbocycles. The van der Waals surface area contributed by atoms with Crippen molar-refractivity contribution in [1.82, 2.24) is 0 Å². The van der Waals surface area contributed by atoms with Crippen LogP contribution in [0.4, 0.5) is 5.69 Å². The van der Waals surface area contributed by atoms with E-state index >= 15 is 0 Å². The van der Waals surface area contributed by atoms with Gasteiger partial charge in [-0.1, -0.05) is 23.2 Å². The van der Waals surface area contributed by atoms with Crippen LogP contribution in [0.3, 0.4) is 0 Å². The van der Waals surface area contributed by atoms with Crippen LogP contribution >= 0.6 is 23.2 Å². The molecule has 0 heterocycles.